The second-order valence-corrected chi connectivity index (χ2v) is 7.32. The second kappa shape index (κ2) is 11.8. The Balaban J connectivity index is 2.99. The first-order valence-corrected chi connectivity index (χ1v) is 8.95. The van der Waals surface area contributed by atoms with Crippen LogP contribution >= 0.6 is 22.6 Å². The lowest BCUT2D eigenvalue weighted by atomic mass is 10.1. The molecule has 0 fully saturated rings. The molecule has 2 heteroatoms. The summed E-state index contributed by atoms with van der Waals surface area (Å²) >= 11 is 2.48. The number of alkyl halides is 1. The van der Waals surface area contributed by atoms with E-state index in [0.717, 1.165) is 4.48 Å². The predicted molar refractivity (Wildman–Crippen MR) is 88.0 cm³/mol. The SMILES string of the molecule is C[N+](C)(C)CCCCCCCCCCCCI. The van der Waals surface area contributed by atoms with Crippen molar-refractivity contribution in [3.63, 3.8) is 0 Å². The maximum atomic E-state index is 2.48. The highest BCUT2D eigenvalue weighted by molar-refractivity contribution is 14.1. The molecule has 0 rings (SSSR count). The van der Waals surface area contributed by atoms with Crippen molar-refractivity contribution in [1.29, 1.82) is 0 Å². The van der Waals surface area contributed by atoms with Crippen molar-refractivity contribution < 1.29 is 4.48 Å². The highest BCUT2D eigenvalue weighted by Crippen LogP contribution is 2.11. The third kappa shape index (κ3) is 16.7. The molecule has 0 aliphatic rings. The molecule has 1 nitrogen and oxygen atoms in total. The Morgan fingerprint density at radius 2 is 0.941 bits per heavy atom. The topological polar surface area (TPSA) is 0 Å². The summed E-state index contributed by atoms with van der Waals surface area (Å²) in [6.07, 6.45) is 14.5. The maximum absolute atomic E-state index is 2.48. The van der Waals surface area contributed by atoms with Crippen molar-refractivity contribution in [1.82, 2.24) is 0 Å². The fraction of sp³-hybridized carbons (Fsp3) is 1.00. The van der Waals surface area contributed by atoms with E-state index in [9.17, 15) is 0 Å². The summed E-state index contributed by atoms with van der Waals surface area (Å²) in [7, 11) is 6.86. The van der Waals surface area contributed by atoms with Crippen molar-refractivity contribution in [2.75, 3.05) is 32.1 Å². The van der Waals surface area contributed by atoms with E-state index in [4.69, 9.17) is 0 Å². The minimum Gasteiger partial charge on any atom is -0.331 e. The van der Waals surface area contributed by atoms with E-state index in [1.165, 1.54) is 75.2 Å². The van der Waals surface area contributed by atoms with E-state index < -0.39 is 0 Å². The van der Waals surface area contributed by atoms with Crippen molar-refractivity contribution in [2.24, 2.45) is 0 Å². The monoisotopic (exact) mass is 354 g/mol. The highest BCUT2D eigenvalue weighted by atomic mass is 127. The van der Waals surface area contributed by atoms with E-state index in [0.29, 0.717) is 0 Å². The molecule has 0 spiro atoms. The van der Waals surface area contributed by atoms with Gasteiger partial charge in [-0.2, -0.15) is 0 Å². The molecule has 17 heavy (non-hydrogen) atoms. The average Bonchev–Trinajstić information content (AvgIpc) is 2.24. The smallest absolute Gasteiger partial charge is 0.0780 e. The third-order valence-corrected chi connectivity index (χ3v) is 3.98. The minimum atomic E-state index is 1.12. The van der Waals surface area contributed by atoms with Gasteiger partial charge in [-0.3, -0.25) is 0 Å². The van der Waals surface area contributed by atoms with E-state index in [2.05, 4.69) is 43.7 Å². The van der Waals surface area contributed by atoms with Crippen molar-refractivity contribution in [2.45, 2.75) is 64.2 Å². The van der Waals surface area contributed by atoms with Gasteiger partial charge >= 0.3 is 0 Å². The van der Waals surface area contributed by atoms with Gasteiger partial charge in [0.2, 0.25) is 0 Å². The lowest BCUT2D eigenvalue weighted by Gasteiger charge is -2.23. The van der Waals surface area contributed by atoms with Gasteiger partial charge in [-0.05, 0) is 23.7 Å². The Morgan fingerprint density at radius 3 is 1.29 bits per heavy atom. The number of rotatable bonds is 12. The van der Waals surface area contributed by atoms with Crippen LogP contribution in [-0.4, -0.2) is 36.6 Å². The molecule has 0 bridgehead atoms. The zero-order valence-corrected chi connectivity index (χ0v) is 14.5. The summed E-state index contributed by atoms with van der Waals surface area (Å²) in [6.45, 7) is 1.33. The standard InChI is InChI=1S/C15H33IN/c1-17(2,3)15-13-11-9-7-5-4-6-8-10-12-14-16/h4-15H2,1-3H3/q+1. The third-order valence-electron chi connectivity index (χ3n) is 3.21. The Bertz CT molecular complexity index is 151. The Labute approximate surface area is 123 Å². The summed E-state index contributed by atoms with van der Waals surface area (Å²) in [5.41, 5.74) is 0. The van der Waals surface area contributed by atoms with Crippen LogP contribution in [-0.2, 0) is 0 Å². The van der Waals surface area contributed by atoms with Gasteiger partial charge in [-0.15, -0.1) is 0 Å². The van der Waals surface area contributed by atoms with Gasteiger partial charge in [-0.25, -0.2) is 0 Å². The van der Waals surface area contributed by atoms with Gasteiger partial charge in [0.05, 0.1) is 27.7 Å². The van der Waals surface area contributed by atoms with Crippen LogP contribution in [0.1, 0.15) is 64.2 Å². The first-order chi connectivity index (χ1) is 8.06. The van der Waals surface area contributed by atoms with Crippen LogP contribution in [0.15, 0.2) is 0 Å². The minimum absolute atomic E-state index is 1.12. The van der Waals surface area contributed by atoms with E-state index in [-0.39, 0.29) is 0 Å². The first-order valence-electron chi connectivity index (χ1n) is 7.43. The Hall–Kier alpha value is 0.690. The number of hydrogen-bond acceptors (Lipinski definition) is 0. The first kappa shape index (κ1) is 17.7. The van der Waals surface area contributed by atoms with Gasteiger partial charge in [0.1, 0.15) is 0 Å². The highest BCUT2D eigenvalue weighted by Gasteiger charge is 2.04. The van der Waals surface area contributed by atoms with Crippen LogP contribution in [0, 0.1) is 0 Å². The van der Waals surface area contributed by atoms with Gasteiger partial charge in [0, 0.05) is 0 Å². The van der Waals surface area contributed by atoms with Crippen molar-refractivity contribution >= 4 is 22.6 Å². The summed E-state index contributed by atoms with van der Waals surface area (Å²) < 4.78 is 2.46. The lowest BCUT2D eigenvalue weighted by molar-refractivity contribution is -0.870. The number of quaternary nitrogens is 1. The van der Waals surface area contributed by atoms with E-state index >= 15 is 0 Å². The molecule has 0 aromatic rings. The molecule has 104 valence electrons. The van der Waals surface area contributed by atoms with Gasteiger partial charge in [0.25, 0.3) is 0 Å². The van der Waals surface area contributed by atoms with Crippen molar-refractivity contribution in [3.05, 3.63) is 0 Å². The van der Waals surface area contributed by atoms with Gasteiger partial charge in [-0.1, -0.05) is 67.5 Å². The number of nitrogens with zero attached hydrogens (tertiary/aromatic N) is 1. The van der Waals surface area contributed by atoms with Crippen LogP contribution < -0.4 is 0 Å². The molecule has 0 radical (unpaired) electrons. The van der Waals surface area contributed by atoms with E-state index in [1.807, 2.05) is 0 Å². The predicted octanol–water partition coefficient (Wildman–Crippen LogP) is 5.03. The molecule has 0 saturated heterocycles. The molecule has 0 amide bonds. The molecule has 0 aliphatic heterocycles. The van der Waals surface area contributed by atoms with Crippen molar-refractivity contribution in [3.8, 4) is 0 Å². The quantitative estimate of drug-likeness (QED) is 0.200. The zero-order valence-electron chi connectivity index (χ0n) is 12.3. The van der Waals surface area contributed by atoms with E-state index in [1.54, 1.807) is 0 Å². The van der Waals surface area contributed by atoms with Crippen LogP contribution in [0.25, 0.3) is 0 Å². The maximum Gasteiger partial charge on any atom is 0.0780 e. The largest absolute Gasteiger partial charge is 0.331 e. The number of halogens is 1. The Kier molecular flexibility index (Phi) is 12.2. The summed E-state index contributed by atoms with van der Waals surface area (Å²) in [4.78, 5) is 0. The Morgan fingerprint density at radius 1 is 0.588 bits per heavy atom. The zero-order chi connectivity index (χ0) is 13.0. The number of hydrogen-bond donors (Lipinski definition) is 0. The molecule has 0 heterocycles. The fourth-order valence-corrected chi connectivity index (χ4v) is 2.63. The second-order valence-electron chi connectivity index (χ2n) is 6.24. The molecule has 0 unspecified atom stereocenters. The molecule has 0 aromatic heterocycles. The molecule has 0 aliphatic carbocycles. The molecule has 0 aromatic carbocycles. The normalized spacial score (nSPS) is 12.0. The molecule has 0 saturated carbocycles. The summed E-state index contributed by atoms with van der Waals surface area (Å²) in [6, 6.07) is 0. The number of unbranched alkanes of at least 4 members (excludes halogenated alkanes) is 9. The van der Waals surface area contributed by atoms with Crippen LogP contribution in [0.3, 0.4) is 0 Å². The van der Waals surface area contributed by atoms with Crippen LogP contribution in [0.4, 0.5) is 0 Å². The summed E-state index contributed by atoms with van der Waals surface area (Å²) in [5, 5.41) is 0. The van der Waals surface area contributed by atoms with Crippen LogP contribution in [0.5, 0.6) is 0 Å². The molecular weight excluding hydrogens is 321 g/mol. The van der Waals surface area contributed by atoms with Gasteiger partial charge < -0.3 is 4.48 Å². The molecular formula is C15H33IN+. The van der Waals surface area contributed by atoms with Crippen LogP contribution in [0.2, 0.25) is 0 Å². The fourth-order valence-electron chi connectivity index (χ4n) is 2.09. The summed E-state index contributed by atoms with van der Waals surface area (Å²) in [5.74, 6) is 0. The lowest BCUT2D eigenvalue weighted by Crippen LogP contribution is -2.35. The molecule has 0 atom stereocenters. The van der Waals surface area contributed by atoms with Gasteiger partial charge in [0.15, 0.2) is 0 Å². The molecule has 0 N–H and O–H groups in total. The average molecular weight is 354 g/mol.